The monoisotopic (exact) mass is 315 g/mol. The van der Waals surface area contributed by atoms with Crippen LogP contribution in [0, 0.1) is 5.41 Å². The predicted octanol–water partition coefficient (Wildman–Crippen LogP) is 5.48. The number of benzene rings is 1. The minimum Gasteiger partial charge on any atom is -0.381 e. The summed E-state index contributed by atoms with van der Waals surface area (Å²) in [6.07, 6.45) is 5.05. The minimum atomic E-state index is 0.516. The Balaban J connectivity index is 1.98. The van der Waals surface area contributed by atoms with Gasteiger partial charge >= 0.3 is 0 Å². The third-order valence-corrected chi connectivity index (χ3v) is 4.44. The first kappa shape index (κ1) is 13.2. The highest BCUT2D eigenvalue weighted by Gasteiger charge is 2.26. The van der Waals surface area contributed by atoms with Crippen LogP contribution in [0.2, 0.25) is 5.02 Å². The van der Waals surface area contributed by atoms with Gasteiger partial charge in [0.1, 0.15) is 0 Å². The maximum atomic E-state index is 6.21. The zero-order valence-corrected chi connectivity index (χ0v) is 12.7. The molecule has 1 aromatic rings. The summed E-state index contributed by atoms with van der Waals surface area (Å²) < 4.78 is 1.03. The Bertz CT molecular complexity index is 393. The summed E-state index contributed by atoms with van der Waals surface area (Å²) >= 11 is 9.64. The predicted molar refractivity (Wildman–Crippen MR) is 78.8 cm³/mol. The van der Waals surface area contributed by atoms with Crippen LogP contribution < -0.4 is 5.32 Å². The molecule has 1 aliphatic rings. The van der Waals surface area contributed by atoms with E-state index in [1.807, 2.05) is 18.2 Å². The minimum absolute atomic E-state index is 0.516. The van der Waals surface area contributed by atoms with E-state index < -0.39 is 0 Å². The average molecular weight is 317 g/mol. The molecular formula is C14H19BrClN. The molecule has 1 nitrogen and oxygen atoms in total. The lowest BCUT2D eigenvalue weighted by atomic mass is 9.75. The normalized spacial score (nSPS) is 20.2. The molecule has 3 heteroatoms. The topological polar surface area (TPSA) is 12.0 Å². The Morgan fingerprint density at radius 3 is 2.53 bits per heavy atom. The molecule has 0 aliphatic heterocycles. The Morgan fingerprint density at radius 2 is 1.94 bits per heavy atom. The summed E-state index contributed by atoms with van der Waals surface area (Å²) in [7, 11) is 0. The molecule has 1 N–H and O–H groups in total. The van der Waals surface area contributed by atoms with Crippen molar-refractivity contribution >= 4 is 33.2 Å². The maximum Gasteiger partial charge on any atom is 0.0648 e. The van der Waals surface area contributed by atoms with Gasteiger partial charge in [0, 0.05) is 10.5 Å². The maximum absolute atomic E-state index is 6.21. The molecule has 94 valence electrons. The molecule has 1 saturated carbocycles. The third kappa shape index (κ3) is 3.62. The van der Waals surface area contributed by atoms with E-state index in [-0.39, 0.29) is 0 Å². The largest absolute Gasteiger partial charge is 0.381 e. The number of anilines is 1. The summed E-state index contributed by atoms with van der Waals surface area (Å²) in [5.41, 5.74) is 1.57. The molecule has 0 aromatic heterocycles. The Morgan fingerprint density at radius 1 is 1.29 bits per heavy atom. The van der Waals surface area contributed by atoms with Crippen LogP contribution in [0.1, 0.15) is 39.5 Å². The van der Waals surface area contributed by atoms with E-state index in [2.05, 4.69) is 35.1 Å². The van der Waals surface area contributed by atoms with Crippen LogP contribution in [0.4, 0.5) is 5.69 Å². The number of nitrogens with one attached hydrogen (secondary N) is 1. The highest BCUT2D eigenvalue weighted by atomic mass is 79.9. The Hall–Kier alpha value is -0.210. The fourth-order valence-electron chi connectivity index (χ4n) is 2.37. The van der Waals surface area contributed by atoms with E-state index in [4.69, 9.17) is 11.6 Å². The molecule has 2 rings (SSSR count). The number of rotatable bonds is 2. The molecular weight excluding hydrogens is 298 g/mol. The quantitative estimate of drug-likeness (QED) is 0.761. The number of hydrogen-bond donors (Lipinski definition) is 1. The highest BCUT2D eigenvalue weighted by molar-refractivity contribution is 9.10. The summed E-state index contributed by atoms with van der Waals surface area (Å²) in [5, 5.41) is 4.36. The molecule has 0 spiro atoms. The van der Waals surface area contributed by atoms with E-state index in [0.29, 0.717) is 11.5 Å². The zero-order chi connectivity index (χ0) is 12.5. The first-order valence-electron chi connectivity index (χ1n) is 6.18. The molecule has 0 amide bonds. The van der Waals surface area contributed by atoms with Crippen molar-refractivity contribution < 1.29 is 0 Å². The second-order valence-corrected chi connectivity index (χ2v) is 7.03. The van der Waals surface area contributed by atoms with Gasteiger partial charge in [-0.2, -0.15) is 0 Å². The molecule has 17 heavy (non-hydrogen) atoms. The highest BCUT2D eigenvalue weighted by Crippen LogP contribution is 2.37. The van der Waals surface area contributed by atoms with Crippen LogP contribution in [-0.4, -0.2) is 6.04 Å². The summed E-state index contributed by atoms with van der Waals surface area (Å²) in [6, 6.07) is 6.59. The van der Waals surface area contributed by atoms with E-state index in [9.17, 15) is 0 Å². The Kier molecular flexibility index (Phi) is 4.04. The first-order chi connectivity index (χ1) is 7.96. The molecule has 1 fully saturated rings. The van der Waals surface area contributed by atoms with Gasteiger partial charge in [-0.25, -0.2) is 0 Å². The van der Waals surface area contributed by atoms with Gasteiger partial charge in [-0.15, -0.1) is 0 Å². The van der Waals surface area contributed by atoms with E-state index in [1.165, 1.54) is 25.7 Å². The smallest absolute Gasteiger partial charge is 0.0648 e. The van der Waals surface area contributed by atoms with Crippen LogP contribution in [0.5, 0.6) is 0 Å². The van der Waals surface area contributed by atoms with Crippen molar-refractivity contribution in [3.63, 3.8) is 0 Å². The van der Waals surface area contributed by atoms with Gasteiger partial charge in [0.2, 0.25) is 0 Å². The van der Waals surface area contributed by atoms with Gasteiger partial charge in [-0.05, 0) is 49.3 Å². The van der Waals surface area contributed by atoms with Crippen molar-refractivity contribution in [2.24, 2.45) is 5.41 Å². The van der Waals surface area contributed by atoms with Crippen molar-refractivity contribution in [3.8, 4) is 0 Å². The van der Waals surface area contributed by atoms with Gasteiger partial charge in [0.05, 0.1) is 10.7 Å². The lowest BCUT2D eigenvalue weighted by Gasteiger charge is -2.35. The van der Waals surface area contributed by atoms with E-state index in [1.54, 1.807) is 0 Å². The molecule has 0 bridgehead atoms. The van der Waals surface area contributed by atoms with Crippen molar-refractivity contribution in [1.29, 1.82) is 0 Å². The van der Waals surface area contributed by atoms with Gasteiger partial charge in [-0.3, -0.25) is 0 Å². The summed E-state index contributed by atoms with van der Waals surface area (Å²) in [4.78, 5) is 0. The standard InChI is InChI=1S/C14H19BrClN/c1-14(2)7-5-11(6-8-14)17-13-4-3-10(15)9-12(13)16/h3-4,9,11,17H,5-8H2,1-2H3. The lowest BCUT2D eigenvalue weighted by Crippen LogP contribution is -2.29. The molecule has 0 heterocycles. The SMILES string of the molecule is CC1(C)CCC(Nc2ccc(Br)cc2Cl)CC1. The van der Waals surface area contributed by atoms with Crippen LogP contribution in [0.15, 0.2) is 22.7 Å². The molecule has 1 aromatic carbocycles. The summed E-state index contributed by atoms with van der Waals surface area (Å²) in [6.45, 7) is 4.71. The lowest BCUT2D eigenvalue weighted by molar-refractivity contribution is 0.232. The molecule has 1 aliphatic carbocycles. The number of halogens is 2. The van der Waals surface area contributed by atoms with Gasteiger partial charge in [-0.1, -0.05) is 41.4 Å². The van der Waals surface area contributed by atoms with E-state index >= 15 is 0 Å². The van der Waals surface area contributed by atoms with Crippen LogP contribution >= 0.6 is 27.5 Å². The fraction of sp³-hybridized carbons (Fsp3) is 0.571. The average Bonchev–Trinajstić information content (AvgIpc) is 2.25. The van der Waals surface area contributed by atoms with Gasteiger partial charge < -0.3 is 5.32 Å². The van der Waals surface area contributed by atoms with Crippen molar-refractivity contribution in [2.75, 3.05) is 5.32 Å². The third-order valence-electron chi connectivity index (χ3n) is 3.63. The molecule has 0 radical (unpaired) electrons. The van der Waals surface area contributed by atoms with Crippen molar-refractivity contribution in [1.82, 2.24) is 0 Å². The second kappa shape index (κ2) is 5.19. The zero-order valence-electron chi connectivity index (χ0n) is 10.4. The molecule has 0 atom stereocenters. The Labute approximate surface area is 117 Å². The van der Waals surface area contributed by atoms with Crippen LogP contribution in [0.25, 0.3) is 0 Å². The van der Waals surface area contributed by atoms with Crippen molar-refractivity contribution in [2.45, 2.75) is 45.6 Å². The second-order valence-electron chi connectivity index (χ2n) is 5.71. The van der Waals surface area contributed by atoms with Crippen LogP contribution in [-0.2, 0) is 0 Å². The first-order valence-corrected chi connectivity index (χ1v) is 7.35. The van der Waals surface area contributed by atoms with Crippen LogP contribution in [0.3, 0.4) is 0 Å². The molecule has 0 unspecified atom stereocenters. The fourth-order valence-corrected chi connectivity index (χ4v) is 3.10. The number of hydrogen-bond acceptors (Lipinski definition) is 1. The van der Waals surface area contributed by atoms with E-state index in [0.717, 1.165) is 15.2 Å². The van der Waals surface area contributed by atoms with Gasteiger partial charge in [0.15, 0.2) is 0 Å². The van der Waals surface area contributed by atoms with Gasteiger partial charge in [0.25, 0.3) is 0 Å². The van der Waals surface area contributed by atoms with Crippen molar-refractivity contribution in [3.05, 3.63) is 27.7 Å². The summed E-state index contributed by atoms with van der Waals surface area (Å²) in [5.74, 6) is 0. The molecule has 0 saturated heterocycles.